The van der Waals surface area contributed by atoms with Crippen molar-refractivity contribution in [3.8, 4) is 6.07 Å². The van der Waals surface area contributed by atoms with E-state index in [0.717, 1.165) is 4.68 Å². The predicted octanol–water partition coefficient (Wildman–Crippen LogP) is 1.14. The summed E-state index contributed by atoms with van der Waals surface area (Å²) in [6.07, 6.45) is 1.21. The van der Waals surface area contributed by atoms with Crippen molar-refractivity contribution in [3.05, 3.63) is 40.7 Å². The average Bonchev–Trinajstić information content (AvgIpc) is 2.88. The molecule has 0 atom stereocenters. The molecular formula is C12H8ClN5O3. The summed E-state index contributed by atoms with van der Waals surface area (Å²) in [6, 6.07) is 6.33. The highest BCUT2D eigenvalue weighted by molar-refractivity contribution is 6.34. The van der Waals surface area contributed by atoms with Gasteiger partial charge in [-0.15, -0.1) is 5.10 Å². The first kappa shape index (κ1) is 14.5. The lowest BCUT2D eigenvalue weighted by Gasteiger charge is -2.05. The van der Waals surface area contributed by atoms with Gasteiger partial charge in [0.25, 0.3) is 5.91 Å². The summed E-state index contributed by atoms with van der Waals surface area (Å²) in [5, 5.41) is 27.1. The second-order valence-electron chi connectivity index (χ2n) is 3.96. The van der Waals surface area contributed by atoms with E-state index in [2.05, 4.69) is 15.6 Å². The van der Waals surface area contributed by atoms with E-state index < -0.39 is 18.4 Å². The van der Waals surface area contributed by atoms with Crippen molar-refractivity contribution in [2.24, 2.45) is 0 Å². The molecule has 0 aliphatic heterocycles. The van der Waals surface area contributed by atoms with Crippen LogP contribution in [0.5, 0.6) is 0 Å². The van der Waals surface area contributed by atoms with Gasteiger partial charge in [-0.2, -0.15) is 5.26 Å². The number of nitriles is 1. The molecule has 0 bridgehead atoms. The second-order valence-corrected chi connectivity index (χ2v) is 4.36. The first-order valence-electron chi connectivity index (χ1n) is 5.62. The molecule has 1 heterocycles. The number of carbonyl (C=O) groups is 2. The summed E-state index contributed by atoms with van der Waals surface area (Å²) < 4.78 is 1.03. The van der Waals surface area contributed by atoms with Crippen molar-refractivity contribution in [1.82, 2.24) is 15.0 Å². The lowest BCUT2D eigenvalue weighted by molar-refractivity contribution is -0.137. The predicted molar refractivity (Wildman–Crippen MR) is 71.8 cm³/mol. The Morgan fingerprint density at radius 3 is 2.86 bits per heavy atom. The van der Waals surface area contributed by atoms with Crippen LogP contribution in [0.25, 0.3) is 0 Å². The largest absolute Gasteiger partial charge is 0.480 e. The van der Waals surface area contributed by atoms with Crippen molar-refractivity contribution in [2.75, 3.05) is 5.32 Å². The van der Waals surface area contributed by atoms with E-state index in [0.29, 0.717) is 11.3 Å². The number of hydrogen-bond donors (Lipinski definition) is 2. The lowest BCUT2D eigenvalue weighted by atomic mass is 10.2. The molecule has 9 heteroatoms. The first-order chi connectivity index (χ1) is 9.99. The number of anilines is 1. The van der Waals surface area contributed by atoms with Crippen LogP contribution >= 0.6 is 11.6 Å². The molecule has 2 rings (SSSR count). The van der Waals surface area contributed by atoms with Crippen LogP contribution in [-0.2, 0) is 11.3 Å². The zero-order chi connectivity index (χ0) is 15.4. The van der Waals surface area contributed by atoms with E-state index in [1.807, 2.05) is 6.07 Å². The summed E-state index contributed by atoms with van der Waals surface area (Å²) in [5.41, 5.74) is 0.635. The highest BCUT2D eigenvalue weighted by Crippen LogP contribution is 2.23. The van der Waals surface area contributed by atoms with Crippen LogP contribution in [0.2, 0.25) is 5.02 Å². The maximum atomic E-state index is 11.9. The average molecular weight is 306 g/mol. The summed E-state index contributed by atoms with van der Waals surface area (Å²) in [5.74, 6) is -1.68. The fourth-order valence-corrected chi connectivity index (χ4v) is 1.72. The second kappa shape index (κ2) is 6.02. The number of amides is 1. The maximum absolute atomic E-state index is 11.9. The molecule has 21 heavy (non-hydrogen) atoms. The number of carbonyl (C=O) groups excluding carboxylic acids is 1. The number of rotatable bonds is 4. The molecule has 2 N–H and O–H groups in total. The van der Waals surface area contributed by atoms with E-state index >= 15 is 0 Å². The van der Waals surface area contributed by atoms with Gasteiger partial charge in [0.2, 0.25) is 0 Å². The molecule has 0 saturated heterocycles. The summed E-state index contributed by atoms with van der Waals surface area (Å²) in [4.78, 5) is 22.4. The van der Waals surface area contributed by atoms with Gasteiger partial charge in [0.1, 0.15) is 6.54 Å². The Balaban J connectivity index is 2.13. The number of hydrogen-bond acceptors (Lipinski definition) is 5. The number of carboxylic acids is 1. The summed E-state index contributed by atoms with van der Waals surface area (Å²) >= 11 is 5.93. The molecule has 106 valence electrons. The molecule has 0 aliphatic carbocycles. The van der Waals surface area contributed by atoms with Crippen molar-refractivity contribution in [2.45, 2.75) is 6.54 Å². The number of halogens is 1. The van der Waals surface area contributed by atoms with Crippen LogP contribution in [0.1, 0.15) is 16.1 Å². The molecule has 1 amide bonds. The Hall–Kier alpha value is -2.92. The number of carboxylic acid groups (broad SMARTS) is 1. The third-order valence-electron chi connectivity index (χ3n) is 2.41. The Morgan fingerprint density at radius 2 is 2.24 bits per heavy atom. The fourth-order valence-electron chi connectivity index (χ4n) is 1.49. The van der Waals surface area contributed by atoms with Gasteiger partial charge in [0.15, 0.2) is 5.69 Å². The van der Waals surface area contributed by atoms with Crippen molar-refractivity contribution >= 4 is 29.2 Å². The molecule has 1 aromatic carbocycles. The maximum Gasteiger partial charge on any atom is 0.325 e. The van der Waals surface area contributed by atoms with Gasteiger partial charge in [-0.25, -0.2) is 4.68 Å². The van der Waals surface area contributed by atoms with Crippen molar-refractivity contribution in [1.29, 1.82) is 5.26 Å². The third-order valence-corrected chi connectivity index (χ3v) is 2.73. The Morgan fingerprint density at radius 1 is 1.48 bits per heavy atom. The molecule has 0 radical (unpaired) electrons. The van der Waals surface area contributed by atoms with E-state index in [-0.39, 0.29) is 10.7 Å². The van der Waals surface area contributed by atoms with Crippen LogP contribution in [0, 0.1) is 11.3 Å². The molecule has 0 spiro atoms. The van der Waals surface area contributed by atoms with Gasteiger partial charge in [0.05, 0.1) is 28.5 Å². The zero-order valence-electron chi connectivity index (χ0n) is 10.4. The van der Waals surface area contributed by atoms with Crippen LogP contribution in [-0.4, -0.2) is 32.0 Å². The van der Waals surface area contributed by atoms with Crippen molar-refractivity contribution < 1.29 is 14.7 Å². The van der Waals surface area contributed by atoms with Gasteiger partial charge < -0.3 is 10.4 Å². The van der Waals surface area contributed by atoms with Crippen molar-refractivity contribution in [3.63, 3.8) is 0 Å². The zero-order valence-corrected chi connectivity index (χ0v) is 11.2. The SMILES string of the molecule is N#Cc1ccc(NC(=O)c2cn(CC(=O)O)nn2)c(Cl)c1. The van der Waals surface area contributed by atoms with E-state index in [9.17, 15) is 9.59 Å². The quantitative estimate of drug-likeness (QED) is 0.873. The normalized spacial score (nSPS) is 9.90. The van der Waals surface area contributed by atoms with Gasteiger partial charge in [-0.05, 0) is 18.2 Å². The third kappa shape index (κ3) is 3.55. The number of nitrogens with one attached hydrogen (secondary N) is 1. The van der Waals surface area contributed by atoms with Crippen LogP contribution in [0.4, 0.5) is 5.69 Å². The highest BCUT2D eigenvalue weighted by Gasteiger charge is 2.13. The Labute approximate surface area is 123 Å². The minimum Gasteiger partial charge on any atom is -0.480 e. The fraction of sp³-hybridized carbons (Fsp3) is 0.0833. The lowest BCUT2D eigenvalue weighted by Crippen LogP contribution is -2.13. The molecule has 8 nitrogen and oxygen atoms in total. The summed E-state index contributed by atoms with van der Waals surface area (Å²) in [7, 11) is 0. The van der Waals surface area contributed by atoms with Gasteiger partial charge >= 0.3 is 5.97 Å². The van der Waals surface area contributed by atoms with Crippen LogP contribution in [0.3, 0.4) is 0 Å². The Bertz CT molecular complexity index is 750. The van der Waals surface area contributed by atoms with Crippen LogP contribution < -0.4 is 5.32 Å². The van der Waals surface area contributed by atoms with Gasteiger partial charge in [-0.3, -0.25) is 9.59 Å². The van der Waals surface area contributed by atoms with Gasteiger partial charge in [-0.1, -0.05) is 16.8 Å². The number of benzene rings is 1. The number of nitrogens with zero attached hydrogens (tertiary/aromatic N) is 4. The molecule has 1 aromatic heterocycles. The molecule has 2 aromatic rings. The smallest absolute Gasteiger partial charge is 0.325 e. The number of aliphatic carboxylic acids is 1. The monoisotopic (exact) mass is 305 g/mol. The van der Waals surface area contributed by atoms with E-state index in [1.54, 1.807) is 0 Å². The van der Waals surface area contributed by atoms with Crippen LogP contribution in [0.15, 0.2) is 24.4 Å². The minimum absolute atomic E-state index is 0.0447. The van der Waals surface area contributed by atoms with Gasteiger partial charge in [0, 0.05) is 0 Å². The van der Waals surface area contributed by atoms with E-state index in [4.69, 9.17) is 22.0 Å². The highest BCUT2D eigenvalue weighted by atomic mass is 35.5. The topological polar surface area (TPSA) is 121 Å². The molecule has 0 saturated carbocycles. The Kier molecular flexibility index (Phi) is 4.15. The molecular weight excluding hydrogens is 298 g/mol. The minimum atomic E-state index is -1.10. The van der Waals surface area contributed by atoms with E-state index in [1.165, 1.54) is 24.4 Å². The first-order valence-corrected chi connectivity index (χ1v) is 6.00. The molecule has 0 aliphatic rings. The number of aromatic nitrogens is 3. The molecule has 0 unspecified atom stereocenters. The standard InChI is InChI=1S/C12H8ClN5O3/c13-8-3-7(4-14)1-2-9(8)15-12(21)10-5-18(17-16-10)6-11(19)20/h1-3,5H,6H2,(H,15,21)(H,19,20). The summed E-state index contributed by atoms with van der Waals surface area (Å²) in [6.45, 7) is -0.391. The molecule has 0 fully saturated rings.